The summed E-state index contributed by atoms with van der Waals surface area (Å²) in [5.41, 5.74) is 7.31. The first-order valence-corrected chi connectivity index (χ1v) is 9.29. The number of rotatable bonds is 8. The molecule has 0 fully saturated rings. The molecule has 0 saturated heterocycles. The van der Waals surface area contributed by atoms with Crippen LogP contribution in [0.25, 0.3) is 0 Å². The normalized spacial score (nSPS) is 13.3. The smallest absolute Gasteiger partial charge is 0.347 e. The number of amides is 2. The number of amidine groups is 1. The number of hydrogen-bond acceptors (Lipinski definition) is 4. The zero-order valence-corrected chi connectivity index (χ0v) is 16.9. The van der Waals surface area contributed by atoms with Crippen LogP contribution in [0.5, 0.6) is 0 Å². The number of halogens is 2. The van der Waals surface area contributed by atoms with Crippen LogP contribution in [0.4, 0.5) is 10.5 Å². The summed E-state index contributed by atoms with van der Waals surface area (Å²) in [6.45, 7) is 1.31. The minimum atomic E-state index is -1.19. The van der Waals surface area contributed by atoms with Crippen molar-refractivity contribution in [3.8, 4) is 0 Å². The summed E-state index contributed by atoms with van der Waals surface area (Å²) >= 11 is 11.7. The number of carboxylic acids is 1. The van der Waals surface area contributed by atoms with Crippen molar-refractivity contribution in [1.82, 2.24) is 5.32 Å². The predicted octanol–water partition coefficient (Wildman–Crippen LogP) is 3.49. The van der Waals surface area contributed by atoms with Crippen LogP contribution < -0.4 is 16.4 Å². The monoisotopic (exact) mass is 438 g/mol. The molecule has 2 rings (SSSR count). The molecule has 0 spiro atoms. The van der Waals surface area contributed by atoms with Gasteiger partial charge in [-0.1, -0.05) is 40.5 Å². The van der Waals surface area contributed by atoms with Crippen LogP contribution in [-0.2, 0) is 16.1 Å². The quantitative estimate of drug-likeness (QED) is 0.285. The Morgan fingerprint density at radius 1 is 1.10 bits per heavy atom. The summed E-state index contributed by atoms with van der Waals surface area (Å²) in [6, 6.07) is 12.2. The summed E-state index contributed by atoms with van der Waals surface area (Å²) in [4.78, 5) is 28.1. The van der Waals surface area contributed by atoms with Gasteiger partial charge in [0, 0.05) is 22.2 Å². The van der Waals surface area contributed by atoms with Crippen molar-refractivity contribution in [2.75, 3.05) is 5.32 Å². The van der Waals surface area contributed by atoms with Gasteiger partial charge in [-0.15, -0.1) is 0 Å². The number of nitrogens with one attached hydrogen (secondary N) is 2. The van der Waals surface area contributed by atoms with Gasteiger partial charge in [0.25, 0.3) is 0 Å². The van der Waals surface area contributed by atoms with Crippen LogP contribution in [-0.4, -0.2) is 35.1 Å². The molecule has 10 heteroatoms. The number of aliphatic carboxylic acids is 1. The lowest BCUT2D eigenvalue weighted by atomic mass is 10.1. The molecule has 2 atom stereocenters. The topological polar surface area (TPSA) is 126 Å². The molecule has 0 aliphatic heterocycles. The fraction of sp³-hybridized carbons (Fsp3) is 0.211. The van der Waals surface area contributed by atoms with E-state index < -0.39 is 24.1 Å². The maximum absolute atomic E-state index is 12.4. The zero-order chi connectivity index (χ0) is 21.4. The van der Waals surface area contributed by atoms with E-state index in [2.05, 4.69) is 15.8 Å². The second kappa shape index (κ2) is 10.5. The third-order valence-corrected chi connectivity index (χ3v) is 4.29. The lowest BCUT2D eigenvalue weighted by Crippen LogP contribution is -2.47. The number of hydrogen-bond donors (Lipinski definition) is 4. The van der Waals surface area contributed by atoms with Crippen LogP contribution in [0.2, 0.25) is 10.0 Å². The molecule has 0 heterocycles. The third-order valence-electron chi connectivity index (χ3n) is 3.78. The minimum Gasteiger partial charge on any atom is -0.478 e. The number of nitrogens with zero attached hydrogens (tertiary/aromatic N) is 1. The molecule has 0 aliphatic carbocycles. The van der Waals surface area contributed by atoms with Crippen molar-refractivity contribution in [2.45, 2.75) is 25.5 Å². The Bertz CT molecular complexity index is 873. The highest BCUT2D eigenvalue weighted by Gasteiger charge is 2.20. The minimum absolute atomic E-state index is 0.0840. The van der Waals surface area contributed by atoms with Gasteiger partial charge in [-0.3, -0.25) is 0 Å². The van der Waals surface area contributed by atoms with Gasteiger partial charge in [-0.25, -0.2) is 9.59 Å². The molecule has 0 radical (unpaired) electrons. The van der Waals surface area contributed by atoms with Crippen LogP contribution >= 0.6 is 23.2 Å². The van der Waals surface area contributed by atoms with E-state index >= 15 is 0 Å². The molecule has 0 bridgehead atoms. The molecule has 2 aromatic carbocycles. The summed E-state index contributed by atoms with van der Waals surface area (Å²) in [7, 11) is 0. The van der Waals surface area contributed by atoms with E-state index in [1.165, 1.54) is 6.92 Å². The van der Waals surface area contributed by atoms with Crippen molar-refractivity contribution < 1.29 is 19.5 Å². The van der Waals surface area contributed by atoms with Crippen molar-refractivity contribution in [2.24, 2.45) is 10.9 Å². The van der Waals surface area contributed by atoms with E-state index in [4.69, 9.17) is 38.9 Å². The van der Waals surface area contributed by atoms with Gasteiger partial charge in [0.2, 0.25) is 6.10 Å². The average molecular weight is 439 g/mol. The molecule has 2 unspecified atom stereocenters. The summed E-state index contributed by atoms with van der Waals surface area (Å²) in [6.07, 6.45) is -0.904. The van der Waals surface area contributed by atoms with Gasteiger partial charge >= 0.3 is 12.0 Å². The number of carbonyl (C=O) groups excluding carboxylic acids is 1. The molecule has 0 aromatic heterocycles. The lowest BCUT2D eigenvalue weighted by molar-refractivity contribution is -0.149. The van der Waals surface area contributed by atoms with E-state index in [1.54, 1.807) is 48.5 Å². The fourth-order valence-electron chi connectivity index (χ4n) is 2.19. The number of benzene rings is 2. The van der Waals surface area contributed by atoms with Crippen molar-refractivity contribution in [1.29, 1.82) is 0 Å². The van der Waals surface area contributed by atoms with Crippen molar-refractivity contribution >= 4 is 46.7 Å². The van der Waals surface area contributed by atoms with Gasteiger partial charge < -0.3 is 26.3 Å². The van der Waals surface area contributed by atoms with Gasteiger partial charge in [0.05, 0.1) is 6.04 Å². The third kappa shape index (κ3) is 7.52. The second-order valence-corrected chi connectivity index (χ2v) is 6.96. The first kappa shape index (κ1) is 22.3. The molecule has 29 heavy (non-hydrogen) atoms. The number of oxime groups is 1. The number of urea groups is 1. The Morgan fingerprint density at radius 2 is 1.66 bits per heavy atom. The SMILES string of the molecule is CC(O/N=C(\N)C(Cc1ccc(Cl)cc1)NC(=O)Nc1ccc(Cl)cc1)C(=O)O. The van der Waals surface area contributed by atoms with E-state index in [0.29, 0.717) is 15.7 Å². The second-order valence-electron chi connectivity index (χ2n) is 6.09. The zero-order valence-electron chi connectivity index (χ0n) is 15.4. The first-order valence-electron chi connectivity index (χ1n) is 8.54. The maximum Gasteiger partial charge on any atom is 0.347 e. The van der Waals surface area contributed by atoms with E-state index in [1.807, 2.05) is 0 Å². The predicted molar refractivity (Wildman–Crippen MR) is 112 cm³/mol. The van der Waals surface area contributed by atoms with Crippen LogP contribution in [0.15, 0.2) is 53.7 Å². The van der Waals surface area contributed by atoms with E-state index in [0.717, 1.165) is 5.56 Å². The molecule has 2 amide bonds. The number of anilines is 1. The highest BCUT2D eigenvalue weighted by Crippen LogP contribution is 2.14. The molecule has 154 valence electrons. The Morgan fingerprint density at radius 3 is 2.21 bits per heavy atom. The van der Waals surface area contributed by atoms with E-state index in [9.17, 15) is 9.59 Å². The van der Waals surface area contributed by atoms with Gasteiger partial charge in [-0.05, 0) is 48.9 Å². The fourth-order valence-corrected chi connectivity index (χ4v) is 2.44. The standard InChI is InChI=1S/C19H20Cl2N4O4/c1-11(18(26)27)29-25-17(22)16(10-12-2-4-13(20)5-3-12)24-19(28)23-15-8-6-14(21)7-9-15/h2-9,11,16H,10H2,1H3,(H2,22,25)(H,26,27)(H2,23,24,28). The summed E-state index contributed by atoms with van der Waals surface area (Å²) in [5.74, 6) is -1.27. The van der Waals surface area contributed by atoms with Crippen LogP contribution in [0, 0.1) is 0 Å². The molecule has 5 N–H and O–H groups in total. The Kier molecular flexibility index (Phi) is 8.11. The van der Waals surface area contributed by atoms with Gasteiger partial charge in [-0.2, -0.15) is 0 Å². The molecular weight excluding hydrogens is 419 g/mol. The molecule has 0 aliphatic rings. The first-order chi connectivity index (χ1) is 13.7. The number of carboxylic acid groups (broad SMARTS) is 1. The highest BCUT2D eigenvalue weighted by molar-refractivity contribution is 6.30. The van der Waals surface area contributed by atoms with E-state index in [-0.39, 0.29) is 12.3 Å². The molecule has 2 aromatic rings. The van der Waals surface area contributed by atoms with Crippen molar-refractivity contribution in [3.05, 3.63) is 64.1 Å². The highest BCUT2D eigenvalue weighted by atomic mass is 35.5. The lowest BCUT2D eigenvalue weighted by Gasteiger charge is -2.19. The summed E-state index contributed by atoms with van der Waals surface area (Å²) in [5, 5.41) is 19.0. The Hall–Kier alpha value is -2.97. The Labute approximate surface area is 177 Å². The largest absolute Gasteiger partial charge is 0.478 e. The van der Waals surface area contributed by atoms with Crippen LogP contribution in [0.3, 0.4) is 0 Å². The van der Waals surface area contributed by atoms with Gasteiger partial charge in [0.1, 0.15) is 0 Å². The average Bonchev–Trinajstić information content (AvgIpc) is 2.68. The Balaban J connectivity index is 2.12. The molecule has 0 saturated carbocycles. The van der Waals surface area contributed by atoms with Crippen LogP contribution in [0.1, 0.15) is 12.5 Å². The van der Waals surface area contributed by atoms with Crippen molar-refractivity contribution in [3.63, 3.8) is 0 Å². The molecule has 8 nitrogen and oxygen atoms in total. The number of nitrogens with two attached hydrogens (primary N) is 1. The summed E-state index contributed by atoms with van der Waals surface area (Å²) < 4.78 is 0. The molecular formula is C19H20Cl2N4O4. The number of carbonyl (C=O) groups is 2. The maximum atomic E-state index is 12.4. The van der Waals surface area contributed by atoms with Gasteiger partial charge in [0.15, 0.2) is 5.84 Å².